The van der Waals surface area contributed by atoms with Crippen LogP contribution in [0.15, 0.2) is 60.7 Å². The second-order valence-electron chi connectivity index (χ2n) is 7.89. The van der Waals surface area contributed by atoms with Gasteiger partial charge in [0.2, 0.25) is 5.91 Å². The van der Waals surface area contributed by atoms with Crippen LogP contribution in [0.4, 0.5) is 0 Å². The summed E-state index contributed by atoms with van der Waals surface area (Å²) in [6.07, 6.45) is 1.89. The van der Waals surface area contributed by atoms with E-state index in [1.165, 1.54) is 0 Å². The molecule has 150 valence electrons. The zero-order valence-corrected chi connectivity index (χ0v) is 16.5. The van der Waals surface area contributed by atoms with Gasteiger partial charge < -0.3 is 18.9 Å². The Bertz CT molecular complexity index is 992. The largest absolute Gasteiger partial charge is 0.350 e. The first-order chi connectivity index (χ1) is 14.3. The lowest BCUT2D eigenvalue weighted by molar-refractivity contribution is -0.139. The van der Waals surface area contributed by atoms with Crippen molar-refractivity contribution in [2.45, 2.75) is 25.7 Å². The molecule has 5 heteroatoms. The Morgan fingerprint density at radius 1 is 1.00 bits per heavy atom. The number of aromatic nitrogens is 1. The number of carbonyl (C=O) groups excluding carboxylic acids is 1. The fourth-order valence-electron chi connectivity index (χ4n) is 4.57. The summed E-state index contributed by atoms with van der Waals surface area (Å²) in [6, 6.07) is 20.7. The minimum Gasteiger partial charge on any atom is -0.350 e. The number of nitrogens with zero attached hydrogens (tertiary/aromatic N) is 2. The summed E-state index contributed by atoms with van der Waals surface area (Å²) in [5, 5.41) is 1.16. The van der Waals surface area contributed by atoms with E-state index in [9.17, 15) is 4.79 Å². The number of carbonyl (C=O) groups is 1. The van der Waals surface area contributed by atoms with Gasteiger partial charge in [-0.15, -0.1) is 0 Å². The van der Waals surface area contributed by atoms with Gasteiger partial charge in [0.25, 0.3) is 0 Å². The van der Waals surface area contributed by atoms with Crippen molar-refractivity contribution in [3.05, 3.63) is 60.7 Å². The molecule has 1 aromatic heterocycles. The predicted octanol–water partition coefficient (Wildman–Crippen LogP) is 3.92. The molecule has 0 aliphatic carbocycles. The van der Waals surface area contributed by atoms with E-state index in [1.807, 2.05) is 35.2 Å². The second kappa shape index (κ2) is 8.01. The molecular weight excluding hydrogens is 364 g/mol. The average Bonchev–Trinajstić information content (AvgIpc) is 3.43. The molecule has 2 aromatic carbocycles. The van der Waals surface area contributed by atoms with Gasteiger partial charge in [0.1, 0.15) is 6.54 Å². The fourth-order valence-corrected chi connectivity index (χ4v) is 4.57. The molecule has 1 atom stereocenters. The fraction of sp³-hybridized carbons (Fsp3) is 0.375. The smallest absolute Gasteiger partial charge is 0.242 e. The molecule has 2 aliphatic rings. The maximum absolute atomic E-state index is 13.3. The van der Waals surface area contributed by atoms with E-state index in [0.717, 1.165) is 41.5 Å². The zero-order valence-electron chi connectivity index (χ0n) is 16.5. The predicted molar refractivity (Wildman–Crippen MR) is 112 cm³/mol. The standard InChI is InChI=1S/C24H26N2O3/c27-23(25-12-6-10-20(16-25)24-28-13-14-29-24)17-26-21-11-5-4-9-19(21)15-22(26)18-7-2-1-3-8-18/h1-5,7-9,11,15,20,24H,6,10,12-14,16-17H2. The van der Waals surface area contributed by atoms with Crippen LogP contribution in [-0.4, -0.2) is 48.0 Å². The summed E-state index contributed by atoms with van der Waals surface area (Å²) >= 11 is 0. The third-order valence-electron chi connectivity index (χ3n) is 6.02. The quantitative estimate of drug-likeness (QED) is 0.678. The van der Waals surface area contributed by atoms with Crippen LogP contribution < -0.4 is 0 Å². The number of benzene rings is 2. The number of hydrogen-bond acceptors (Lipinski definition) is 3. The third kappa shape index (κ3) is 3.68. The Morgan fingerprint density at radius 2 is 1.76 bits per heavy atom. The molecule has 0 radical (unpaired) electrons. The molecule has 1 amide bonds. The van der Waals surface area contributed by atoms with E-state index in [1.54, 1.807) is 0 Å². The van der Waals surface area contributed by atoms with Crippen LogP contribution in [0.2, 0.25) is 0 Å². The average molecular weight is 390 g/mol. The summed E-state index contributed by atoms with van der Waals surface area (Å²) in [5.41, 5.74) is 3.30. The number of para-hydroxylation sites is 1. The lowest BCUT2D eigenvalue weighted by atomic mass is 9.97. The van der Waals surface area contributed by atoms with Crippen molar-refractivity contribution in [2.24, 2.45) is 5.92 Å². The van der Waals surface area contributed by atoms with Crippen LogP contribution in [0, 0.1) is 5.92 Å². The van der Waals surface area contributed by atoms with E-state index >= 15 is 0 Å². The molecule has 3 heterocycles. The molecule has 0 saturated carbocycles. The summed E-state index contributed by atoms with van der Waals surface area (Å²) in [6.45, 7) is 3.18. The Hall–Kier alpha value is -2.63. The van der Waals surface area contributed by atoms with E-state index < -0.39 is 0 Å². The number of ether oxygens (including phenoxy) is 2. The van der Waals surface area contributed by atoms with Gasteiger partial charge in [0.15, 0.2) is 6.29 Å². The molecule has 5 nitrogen and oxygen atoms in total. The number of amides is 1. The molecule has 0 bridgehead atoms. The third-order valence-corrected chi connectivity index (χ3v) is 6.02. The molecular formula is C24H26N2O3. The first-order valence-corrected chi connectivity index (χ1v) is 10.4. The minimum atomic E-state index is -0.155. The molecule has 5 rings (SSSR count). The van der Waals surface area contributed by atoms with Gasteiger partial charge in [-0.3, -0.25) is 4.79 Å². The first-order valence-electron chi connectivity index (χ1n) is 10.4. The summed E-state index contributed by atoms with van der Waals surface area (Å²) in [7, 11) is 0. The van der Waals surface area contributed by atoms with Crippen LogP contribution in [0.3, 0.4) is 0 Å². The van der Waals surface area contributed by atoms with Crippen LogP contribution in [0.25, 0.3) is 22.2 Å². The van der Waals surface area contributed by atoms with Gasteiger partial charge in [0, 0.05) is 35.6 Å². The van der Waals surface area contributed by atoms with Crippen molar-refractivity contribution in [1.82, 2.24) is 9.47 Å². The lowest BCUT2D eigenvalue weighted by Crippen LogP contribution is -2.45. The van der Waals surface area contributed by atoms with Crippen molar-refractivity contribution in [3.63, 3.8) is 0 Å². The highest BCUT2D eigenvalue weighted by Crippen LogP contribution is 2.29. The minimum absolute atomic E-state index is 0.155. The van der Waals surface area contributed by atoms with Crippen LogP contribution in [0.1, 0.15) is 12.8 Å². The SMILES string of the molecule is O=C(Cn1c(-c2ccccc2)cc2ccccc21)N1CCCC(C2OCCO2)C1. The second-order valence-corrected chi connectivity index (χ2v) is 7.89. The Morgan fingerprint density at radius 3 is 2.59 bits per heavy atom. The van der Waals surface area contributed by atoms with Gasteiger partial charge in [-0.25, -0.2) is 0 Å². The van der Waals surface area contributed by atoms with Crippen molar-refractivity contribution in [1.29, 1.82) is 0 Å². The van der Waals surface area contributed by atoms with Crippen LogP contribution in [0.5, 0.6) is 0 Å². The number of likely N-dealkylation sites (tertiary alicyclic amines) is 1. The first kappa shape index (κ1) is 18.4. The highest BCUT2D eigenvalue weighted by atomic mass is 16.7. The monoisotopic (exact) mass is 390 g/mol. The van der Waals surface area contributed by atoms with Gasteiger partial charge in [-0.1, -0.05) is 48.5 Å². The molecule has 2 fully saturated rings. The Balaban J connectivity index is 1.41. The number of rotatable bonds is 4. The molecule has 1 unspecified atom stereocenters. The van der Waals surface area contributed by atoms with E-state index in [4.69, 9.17) is 9.47 Å². The topological polar surface area (TPSA) is 43.7 Å². The van der Waals surface area contributed by atoms with Gasteiger partial charge in [0.05, 0.1) is 13.2 Å². The molecule has 29 heavy (non-hydrogen) atoms. The molecule has 0 N–H and O–H groups in total. The van der Waals surface area contributed by atoms with Crippen molar-refractivity contribution < 1.29 is 14.3 Å². The van der Waals surface area contributed by atoms with Crippen molar-refractivity contribution >= 4 is 16.8 Å². The van der Waals surface area contributed by atoms with Gasteiger partial charge in [-0.05, 0) is 30.5 Å². The Kier molecular flexibility index (Phi) is 5.08. The molecule has 0 spiro atoms. The maximum atomic E-state index is 13.3. The molecule has 2 saturated heterocycles. The number of fused-ring (bicyclic) bond motifs is 1. The van der Waals surface area contributed by atoms with Crippen molar-refractivity contribution in [2.75, 3.05) is 26.3 Å². The summed E-state index contributed by atoms with van der Waals surface area (Å²) in [4.78, 5) is 15.3. The molecule has 2 aliphatic heterocycles. The van der Waals surface area contributed by atoms with Crippen molar-refractivity contribution in [3.8, 4) is 11.3 Å². The summed E-state index contributed by atoms with van der Waals surface area (Å²) < 4.78 is 13.5. The number of hydrogen-bond donors (Lipinski definition) is 0. The lowest BCUT2D eigenvalue weighted by Gasteiger charge is -2.35. The zero-order chi connectivity index (χ0) is 19.6. The van der Waals surface area contributed by atoms with Crippen LogP contribution in [-0.2, 0) is 20.8 Å². The molecule has 3 aromatic rings. The van der Waals surface area contributed by atoms with E-state index in [-0.39, 0.29) is 18.1 Å². The Labute approximate surface area is 170 Å². The van der Waals surface area contributed by atoms with Crippen LogP contribution >= 0.6 is 0 Å². The van der Waals surface area contributed by atoms with Gasteiger partial charge in [-0.2, -0.15) is 0 Å². The highest BCUT2D eigenvalue weighted by Gasteiger charge is 2.33. The number of piperidine rings is 1. The maximum Gasteiger partial charge on any atom is 0.242 e. The normalized spacial score (nSPS) is 20.4. The highest BCUT2D eigenvalue weighted by molar-refractivity contribution is 5.89. The van der Waals surface area contributed by atoms with E-state index in [2.05, 4.69) is 34.9 Å². The van der Waals surface area contributed by atoms with E-state index in [0.29, 0.717) is 26.3 Å². The van der Waals surface area contributed by atoms with Gasteiger partial charge >= 0.3 is 0 Å². The summed E-state index contributed by atoms with van der Waals surface area (Å²) in [5.74, 6) is 0.427.